The minimum atomic E-state index is -0.525. The Morgan fingerprint density at radius 3 is 1.25 bits per heavy atom. The fraction of sp³-hybridized carbons (Fsp3) is 0.0820. The van der Waals surface area contributed by atoms with Gasteiger partial charge in [-0.05, 0) is 138 Å². The third-order valence-corrected chi connectivity index (χ3v) is 13.8. The zero-order valence-corrected chi connectivity index (χ0v) is 37.1. The summed E-state index contributed by atoms with van der Waals surface area (Å²) in [4.78, 5) is 25.3. The minimum absolute atomic E-state index is 0.339. The van der Waals surface area contributed by atoms with Crippen LogP contribution >= 0.6 is 0 Å². The van der Waals surface area contributed by atoms with Gasteiger partial charge in [0.1, 0.15) is 5.75 Å². The predicted molar refractivity (Wildman–Crippen MR) is 269 cm³/mol. The van der Waals surface area contributed by atoms with Crippen LogP contribution in [-0.4, -0.2) is 28.2 Å². The summed E-state index contributed by atoms with van der Waals surface area (Å²) in [6.45, 7) is 2.14. The number of hydrogen-bond donors (Lipinski definition) is 0. The van der Waals surface area contributed by atoms with E-state index in [1.54, 1.807) is 24.3 Å². The molecule has 0 N–H and O–H groups in total. The van der Waals surface area contributed by atoms with Crippen molar-refractivity contribution in [1.29, 1.82) is 0 Å². The smallest absolute Gasteiger partial charge is 0.343 e. The van der Waals surface area contributed by atoms with Crippen LogP contribution in [0.1, 0.15) is 48.5 Å². The van der Waals surface area contributed by atoms with Gasteiger partial charge in [0.2, 0.25) is 0 Å². The maximum Gasteiger partial charge on any atom is 0.343 e. The van der Waals surface area contributed by atoms with Crippen molar-refractivity contribution < 1.29 is 19.1 Å². The molecular formula is C61H44N2O4. The molecule has 0 unspecified atom stereocenters. The molecule has 322 valence electrons. The number of benzene rings is 9. The van der Waals surface area contributed by atoms with E-state index in [0.717, 1.165) is 23.4 Å². The summed E-state index contributed by atoms with van der Waals surface area (Å²) < 4.78 is 15.5. The van der Waals surface area contributed by atoms with E-state index in [4.69, 9.17) is 9.47 Å². The Hall–Kier alpha value is -8.48. The second-order valence-electron chi connectivity index (χ2n) is 17.7. The molecule has 0 atom stereocenters. The Balaban J connectivity index is 1.04. The first-order valence-corrected chi connectivity index (χ1v) is 22.7. The van der Waals surface area contributed by atoms with Gasteiger partial charge in [-0.25, -0.2) is 9.59 Å². The van der Waals surface area contributed by atoms with Crippen molar-refractivity contribution in [1.82, 2.24) is 9.13 Å². The van der Waals surface area contributed by atoms with E-state index >= 15 is 0 Å². The topological polar surface area (TPSA) is 62.5 Å². The highest BCUT2D eigenvalue weighted by atomic mass is 16.5. The van der Waals surface area contributed by atoms with Crippen LogP contribution < -0.4 is 4.74 Å². The lowest BCUT2D eigenvalue weighted by Crippen LogP contribution is -2.31. The molecule has 67 heavy (non-hydrogen) atoms. The van der Waals surface area contributed by atoms with Gasteiger partial charge in [-0.2, -0.15) is 0 Å². The molecule has 0 aliphatic heterocycles. The van der Waals surface area contributed by atoms with Crippen LogP contribution in [0, 0.1) is 6.92 Å². The molecule has 6 nitrogen and oxygen atoms in total. The Morgan fingerprint density at radius 1 is 0.448 bits per heavy atom. The Kier molecular flexibility index (Phi) is 9.50. The van der Waals surface area contributed by atoms with Gasteiger partial charge >= 0.3 is 11.9 Å². The van der Waals surface area contributed by atoms with Crippen LogP contribution in [0.3, 0.4) is 0 Å². The van der Waals surface area contributed by atoms with E-state index in [1.165, 1.54) is 84.1 Å². The number of hydrogen-bond acceptors (Lipinski definition) is 4. The van der Waals surface area contributed by atoms with Gasteiger partial charge in [0.25, 0.3) is 0 Å². The fourth-order valence-electron chi connectivity index (χ4n) is 10.7. The first kappa shape index (κ1) is 40.1. The Morgan fingerprint density at radius 2 is 0.836 bits per heavy atom. The molecule has 0 bridgehead atoms. The van der Waals surface area contributed by atoms with Crippen molar-refractivity contribution in [2.45, 2.75) is 25.2 Å². The van der Waals surface area contributed by atoms with E-state index in [1.807, 2.05) is 12.1 Å². The van der Waals surface area contributed by atoms with E-state index in [-0.39, 0.29) is 0 Å². The number of carbonyl (C=O) groups excluding carboxylic acids is 2. The SMILES string of the molecule is COC(=O)c1ccc(C(=O)Oc2ccc(CC3(Cc4ccc(C)cc4)c4cc(-n5c6ccccc6c6ccccc65)ccc4-c4ccc(-n5c6ccccc6c6ccccc65)cc43)cc2)cc1. The third kappa shape index (κ3) is 6.63. The van der Waals surface area contributed by atoms with Crippen molar-refractivity contribution in [3.63, 3.8) is 0 Å². The summed E-state index contributed by atoms with van der Waals surface area (Å²) >= 11 is 0. The van der Waals surface area contributed by atoms with Gasteiger partial charge in [0, 0.05) is 38.3 Å². The molecule has 2 aromatic heterocycles. The first-order chi connectivity index (χ1) is 32.9. The molecule has 6 heteroatoms. The lowest BCUT2D eigenvalue weighted by molar-refractivity contribution is 0.0599. The summed E-state index contributed by atoms with van der Waals surface area (Å²) in [6, 6.07) is 72.1. The molecule has 1 aliphatic carbocycles. The standard InChI is InChI=1S/C61H44N2O4/c1-39-19-21-40(22-20-39)37-61(38-41-23-31-46(32-24-41)67-60(65)43-27-25-42(26-28-43)59(64)66-2)53-35-44(62-55-15-7-3-11-49(55)50-12-4-8-16-56(50)62)29-33-47(53)48-34-30-45(36-54(48)61)63-57-17-9-5-13-51(57)52-14-6-10-18-58(52)63/h3-36H,37-38H2,1-2H3. The van der Waals surface area contributed by atoms with Crippen LogP contribution in [0.5, 0.6) is 5.75 Å². The average molecular weight is 869 g/mol. The number of rotatable bonds is 9. The van der Waals surface area contributed by atoms with Crippen molar-refractivity contribution in [3.05, 3.63) is 245 Å². The van der Waals surface area contributed by atoms with Crippen molar-refractivity contribution >= 4 is 55.6 Å². The molecule has 0 radical (unpaired) electrons. The van der Waals surface area contributed by atoms with Crippen LogP contribution in [0.4, 0.5) is 0 Å². The number of ether oxygens (including phenoxy) is 2. The van der Waals surface area contributed by atoms with Crippen molar-refractivity contribution in [3.8, 4) is 28.3 Å². The number of fused-ring (bicyclic) bond motifs is 9. The maximum atomic E-state index is 13.3. The second-order valence-corrected chi connectivity index (χ2v) is 17.7. The second kappa shape index (κ2) is 15.9. The number of nitrogens with zero attached hydrogens (tertiary/aromatic N) is 2. The number of para-hydroxylation sites is 4. The Bertz CT molecular complexity index is 3480. The maximum absolute atomic E-state index is 13.3. The van der Waals surface area contributed by atoms with Crippen molar-refractivity contribution in [2.24, 2.45) is 0 Å². The highest BCUT2D eigenvalue weighted by Crippen LogP contribution is 2.54. The third-order valence-electron chi connectivity index (χ3n) is 13.8. The molecule has 11 aromatic rings. The predicted octanol–water partition coefficient (Wildman–Crippen LogP) is 13.9. The molecule has 1 aliphatic rings. The zero-order chi connectivity index (χ0) is 45.2. The fourth-order valence-corrected chi connectivity index (χ4v) is 10.7. The number of esters is 2. The van der Waals surface area contributed by atoms with E-state index in [0.29, 0.717) is 23.3 Å². The summed E-state index contributed by atoms with van der Waals surface area (Å²) in [7, 11) is 1.33. The minimum Gasteiger partial charge on any atom is -0.465 e. The molecule has 0 amide bonds. The van der Waals surface area contributed by atoms with Crippen LogP contribution in [0.15, 0.2) is 206 Å². The highest BCUT2D eigenvalue weighted by molar-refractivity contribution is 6.10. The summed E-state index contributed by atoms with van der Waals surface area (Å²) in [5.41, 5.74) is 15.6. The van der Waals surface area contributed by atoms with Crippen molar-refractivity contribution in [2.75, 3.05) is 7.11 Å². The first-order valence-electron chi connectivity index (χ1n) is 22.7. The van der Waals surface area contributed by atoms with Crippen LogP contribution in [0.2, 0.25) is 0 Å². The molecule has 0 spiro atoms. The monoisotopic (exact) mass is 868 g/mol. The zero-order valence-electron chi connectivity index (χ0n) is 37.1. The number of aromatic nitrogens is 2. The number of carbonyl (C=O) groups is 2. The molecule has 0 saturated carbocycles. The largest absolute Gasteiger partial charge is 0.465 e. The normalized spacial score (nSPS) is 12.7. The highest BCUT2D eigenvalue weighted by Gasteiger charge is 2.44. The average Bonchev–Trinajstić information content (AvgIpc) is 3.98. The molecule has 2 heterocycles. The molecule has 12 rings (SSSR count). The Labute approximate surface area is 387 Å². The summed E-state index contributed by atoms with van der Waals surface area (Å²) in [5, 5.41) is 4.90. The number of aryl methyl sites for hydroxylation is 1. The van der Waals surface area contributed by atoms with E-state index in [2.05, 4.69) is 186 Å². The van der Waals surface area contributed by atoms with Crippen LogP contribution in [0.25, 0.3) is 66.1 Å². The lowest BCUT2D eigenvalue weighted by atomic mass is 9.69. The molecular weight excluding hydrogens is 825 g/mol. The summed E-state index contributed by atoms with van der Waals surface area (Å²) in [5.74, 6) is -0.532. The molecule has 9 aromatic carbocycles. The molecule has 0 saturated heterocycles. The summed E-state index contributed by atoms with van der Waals surface area (Å²) in [6.07, 6.45) is 1.43. The van der Waals surface area contributed by atoms with Gasteiger partial charge < -0.3 is 18.6 Å². The van der Waals surface area contributed by atoms with Gasteiger partial charge in [-0.15, -0.1) is 0 Å². The molecule has 0 fully saturated rings. The lowest BCUT2D eigenvalue weighted by Gasteiger charge is -2.34. The van der Waals surface area contributed by atoms with Gasteiger partial charge in [0.05, 0.1) is 40.3 Å². The van der Waals surface area contributed by atoms with E-state index in [9.17, 15) is 9.59 Å². The van der Waals surface area contributed by atoms with Gasteiger partial charge in [-0.3, -0.25) is 0 Å². The van der Waals surface area contributed by atoms with Gasteiger partial charge in [-0.1, -0.05) is 127 Å². The number of methoxy groups -OCH3 is 1. The van der Waals surface area contributed by atoms with Crippen LogP contribution in [-0.2, 0) is 23.0 Å². The quantitative estimate of drug-likeness (QED) is 0.107. The van der Waals surface area contributed by atoms with Gasteiger partial charge in [0.15, 0.2) is 0 Å². The van der Waals surface area contributed by atoms with E-state index < -0.39 is 17.4 Å².